The summed E-state index contributed by atoms with van der Waals surface area (Å²) in [5.41, 5.74) is 18.4. The molecule has 0 fully saturated rings. The minimum absolute atomic E-state index is 0.453. The van der Waals surface area contributed by atoms with Crippen LogP contribution in [0.3, 0.4) is 0 Å². The Morgan fingerprint density at radius 2 is 0.811 bits per heavy atom. The molecule has 0 atom stereocenters. The SMILES string of the molecule is N#Cc1c2nc(c(-c3ccccc3)c3[nH]c(c(N(c4ccccc4)c4cccc5c4oc4ccccc45)c4nc(c(-c5ccccc5)c5[nH]c1c1ccccc51)-c1ccccc1-4)c1ccccc31)-c1ccccc1-2. The van der Waals surface area contributed by atoms with Crippen LogP contribution in [0.1, 0.15) is 5.56 Å². The minimum atomic E-state index is 0.453. The van der Waals surface area contributed by atoms with Gasteiger partial charge in [-0.2, -0.15) is 5.26 Å². The number of furan rings is 1. The maximum atomic E-state index is 11.6. The number of nitrogens with zero attached hydrogens (tertiary/aromatic N) is 4. The van der Waals surface area contributed by atoms with Gasteiger partial charge in [-0.05, 0) is 35.4 Å². The van der Waals surface area contributed by atoms with Crippen molar-refractivity contribution >= 4 is 82.6 Å². The first kappa shape index (κ1) is 41.5. The lowest BCUT2D eigenvalue weighted by Crippen LogP contribution is -2.12. The van der Waals surface area contributed by atoms with Crippen molar-refractivity contribution in [1.82, 2.24) is 19.9 Å². The van der Waals surface area contributed by atoms with Crippen molar-refractivity contribution < 1.29 is 4.42 Å². The van der Waals surface area contributed by atoms with E-state index in [0.717, 1.165) is 139 Å². The normalized spacial score (nSPS) is 11.8. The average Bonchev–Trinajstić information content (AvgIpc) is 4.31. The Kier molecular flexibility index (Phi) is 9.19. The van der Waals surface area contributed by atoms with Gasteiger partial charge in [-0.1, -0.05) is 206 Å². The molecule has 2 N–H and O–H groups in total. The number of fused-ring (bicyclic) bond motifs is 23. The first-order valence-corrected chi connectivity index (χ1v) is 24.8. The van der Waals surface area contributed by atoms with Crippen LogP contribution in [0, 0.1) is 11.3 Å². The molecule has 6 heterocycles. The van der Waals surface area contributed by atoms with Gasteiger partial charge in [-0.3, -0.25) is 0 Å². The predicted octanol–water partition coefficient (Wildman–Crippen LogP) is 17.9. The molecule has 4 aromatic heterocycles. The Morgan fingerprint density at radius 3 is 1.39 bits per heavy atom. The predicted molar refractivity (Wildman–Crippen MR) is 302 cm³/mol. The van der Waals surface area contributed by atoms with Gasteiger partial charge in [0.05, 0.1) is 56.2 Å². The van der Waals surface area contributed by atoms with E-state index >= 15 is 0 Å². The van der Waals surface area contributed by atoms with Crippen molar-refractivity contribution in [3.8, 4) is 73.4 Å². The number of aromatic amines is 2. The number of nitriles is 1. The van der Waals surface area contributed by atoms with E-state index in [4.69, 9.17) is 14.4 Å². The lowest BCUT2D eigenvalue weighted by Gasteiger charge is -2.27. The fraction of sp³-hybridized carbons (Fsp3) is 0. The highest BCUT2D eigenvalue weighted by molar-refractivity contribution is 6.22. The lowest BCUT2D eigenvalue weighted by atomic mass is 9.95. The van der Waals surface area contributed by atoms with Crippen LogP contribution >= 0.6 is 0 Å². The molecule has 0 spiro atoms. The molecule has 7 heteroatoms. The first-order valence-electron chi connectivity index (χ1n) is 24.8. The summed E-state index contributed by atoms with van der Waals surface area (Å²) in [4.78, 5) is 22.1. The van der Waals surface area contributed by atoms with Crippen LogP contribution < -0.4 is 4.90 Å². The molecule has 344 valence electrons. The minimum Gasteiger partial charge on any atom is -0.454 e. The maximum absolute atomic E-state index is 11.6. The number of benzene rings is 9. The largest absolute Gasteiger partial charge is 0.454 e. The van der Waals surface area contributed by atoms with E-state index in [1.54, 1.807) is 0 Å². The van der Waals surface area contributed by atoms with Gasteiger partial charge in [0.25, 0.3) is 0 Å². The van der Waals surface area contributed by atoms with Gasteiger partial charge < -0.3 is 19.3 Å². The third kappa shape index (κ3) is 6.12. The second kappa shape index (κ2) is 16.4. The standard InChI is InChI=1S/C67H40N6O/c68-39-53-58-44-28-10-12-30-46(44)60(69-58)56(40-21-4-1-5-22-40)62-48-32-14-16-34-50(48)64(71-62)66(73(42-25-8-3-9-26-42)54-37-20-36-52-43-27-18-19-38-55(43)74-67(52)54)65-51-35-17-15-33-49(51)63(72-65)57(41-23-6-2-7-24-41)61-47-31-13-11-29-45(47)59(53)70-61/h1-38,69,72H. The zero-order valence-corrected chi connectivity index (χ0v) is 39.6. The van der Waals surface area contributed by atoms with Crippen molar-refractivity contribution in [2.24, 2.45) is 0 Å². The number of nitrogens with one attached hydrogen (secondary N) is 2. The summed E-state index contributed by atoms with van der Waals surface area (Å²) in [5.74, 6) is 0. The van der Waals surface area contributed by atoms with Crippen molar-refractivity contribution in [2.75, 3.05) is 4.90 Å². The summed E-state index contributed by atoms with van der Waals surface area (Å²) in [6.45, 7) is 0. The fourth-order valence-corrected chi connectivity index (χ4v) is 11.6. The summed E-state index contributed by atoms with van der Waals surface area (Å²) < 4.78 is 6.97. The molecule has 2 aliphatic heterocycles. The smallest absolute Gasteiger partial charge is 0.159 e. The van der Waals surface area contributed by atoms with Gasteiger partial charge in [0.1, 0.15) is 17.2 Å². The molecule has 15 rings (SSSR count). The van der Waals surface area contributed by atoms with Crippen LogP contribution in [-0.2, 0) is 0 Å². The van der Waals surface area contributed by atoms with E-state index in [9.17, 15) is 5.26 Å². The molecule has 0 radical (unpaired) electrons. The van der Waals surface area contributed by atoms with Gasteiger partial charge >= 0.3 is 0 Å². The molecule has 13 aromatic rings. The molecule has 0 aliphatic carbocycles. The van der Waals surface area contributed by atoms with Gasteiger partial charge in [-0.25, -0.2) is 9.97 Å². The summed E-state index contributed by atoms with van der Waals surface area (Å²) in [5, 5.41) is 17.5. The second-order valence-electron chi connectivity index (χ2n) is 18.8. The van der Waals surface area contributed by atoms with E-state index in [1.165, 1.54) is 0 Å². The summed E-state index contributed by atoms with van der Waals surface area (Å²) in [6.07, 6.45) is 0. The Bertz CT molecular complexity index is 4640. The van der Waals surface area contributed by atoms with Gasteiger partial charge in [0.2, 0.25) is 0 Å². The lowest BCUT2D eigenvalue weighted by molar-refractivity contribution is 0.669. The molecule has 74 heavy (non-hydrogen) atoms. The molecule has 0 amide bonds. The maximum Gasteiger partial charge on any atom is 0.159 e. The molecular formula is C67H40N6O. The van der Waals surface area contributed by atoms with Crippen molar-refractivity contribution in [1.29, 1.82) is 5.26 Å². The second-order valence-corrected chi connectivity index (χ2v) is 18.8. The topological polar surface area (TPSA) is 97.5 Å². The van der Waals surface area contributed by atoms with Crippen molar-refractivity contribution in [2.45, 2.75) is 0 Å². The van der Waals surface area contributed by atoms with Crippen LogP contribution in [-0.4, -0.2) is 19.9 Å². The number of H-pyrrole nitrogens is 2. The monoisotopic (exact) mass is 944 g/mol. The van der Waals surface area contributed by atoms with Crippen LogP contribution in [0.4, 0.5) is 17.1 Å². The molecule has 8 bridgehead atoms. The molecule has 0 unspecified atom stereocenters. The van der Waals surface area contributed by atoms with Crippen LogP contribution in [0.2, 0.25) is 0 Å². The zero-order chi connectivity index (χ0) is 48.9. The fourth-order valence-electron chi connectivity index (χ4n) is 11.6. The third-order valence-corrected chi connectivity index (χ3v) is 14.8. The molecule has 0 saturated carbocycles. The molecule has 7 nitrogen and oxygen atoms in total. The number of rotatable bonds is 5. The van der Waals surface area contributed by atoms with Crippen molar-refractivity contribution in [3.05, 3.63) is 236 Å². The number of anilines is 3. The average molecular weight is 945 g/mol. The van der Waals surface area contributed by atoms with E-state index < -0.39 is 0 Å². The zero-order valence-electron chi connectivity index (χ0n) is 39.6. The Balaban J connectivity index is 1.26. The molecule has 9 aromatic carbocycles. The number of hydrogen-bond donors (Lipinski definition) is 2. The summed E-state index contributed by atoms with van der Waals surface area (Å²) >= 11 is 0. The summed E-state index contributed by atoms with van der Waals surface area (Å²) in [6, 6.07) is 82.7. The quantitative estimate of drug-likeness (QED) is 0.179. The Hall–Kier alpha value is -10.3. The Morgan fingerprint density at radius 1 is 0.378 bits per heavy atom. The van der Waals surface area contributed by atoms with E-state index in [1.807, 2.05) is 36.4 Å². The van der Waals surface area contributed by atoms with E-state index in [0.29, 0.717) is 16.8 Å². The van der Waals surface area contributed by atoms with Crippen LogP contribution in [0.25, 0.3) is 133 Å². The number of hydrogen-bond acceptors (Lipinski definition) is 5. The summed E-state index contributed by atoms with van der Waals surface area (Å²) in [7, 11) is 0. The molecular weight excluding hydrogens is 905 g/mol. The van der Waals surface area contributed by atoms with Crippen molar-refractivity contribution in [3.63, 3.8) is 0 Å². The highest BCUT2D eigenvalue weighted by Crippen LogP contribution is 2.53. The Labute approximate surface area is 424 Å². The van der Waals surface area contributed by atoms with Crippen LogP contribution in [0.5, 0.6) is 0 Å². The number of aromatic nitrogens is 4. The highest BCUT2D eigenvalue weighted by Gasteiger charge is 2.32. The first-order chi connectivity index (χ1) is 36.7. The van der Waals surface area contributed by atoms with Gasteiger partial charge in [0, 0.05) is 71.4 Å². The van der Waals surface area contributed by atoms with Gasteiger partial charge in [-0.15, -0.1) is 0 Å². The van der Waals surface area contributed by atoms with E-state index in [-0.39, 0.29) is 0 Å². The molecule has 0 saturated heterocycles. The van der Waals surface area contributed by atoms with Crippen LogP contribution in [0.15, 0.2) is 235 Å². The highest BCUT2D eigenvalue weighted by atomic mass is 16.3. The number of para-hydroxylation sites is 3. The van der Waals surface area contributed by atoms with E-state index in [2.05, 4.69) is 215 Å². The third-order valence-electron chi connectivity index (χ3n) is 14.8. The molecule has 2 aliphatic rings. The van der Waals surface area contributed by atoms with Gasteiger partial charge in [0.15, 0.2) is 5.58 Å².